The summed E-state index contributed by atoms with van der Waals surface area (Å²) in [5.74, 6) is 5.31. The SMILES string of the molecule is C#C[C@]1(O)CC[C@@H]2[C@@H]3CC[C@]4(Cl)CC(=O)CC[C@@H]4[C@H]3CC[C@]21C. The van der Waals surface area contributed by atoms with Crippen molar-refractivity contribution in [1.29, 1.82) is 0 Å². The quantitative estimate of drug-likeness (QED) is 0.538. The molecule has 0 amide bonds. The molecule has 4 saturated carbocycles. The molecule has 0 saturated heterocycles. The molecule has 4 rings (SSSR count). The first kappa shape index (κ1) is 16.0. The number of halogens is 1. The first-order valence-corrected chi connectivity index (χ1v) is 9.62. The van der Waals surface area contributed by atoms with Crippen LogP contribution in [0.25, 0.3) is 0 Å². The normalized spacial score (nSPS) is 55.5. The lowest BCUT2D eigenvalue weighted by Gasteiger charge is -2.58. The Morgan fingerprint density at radius 3 is 2.57 bits per heavy atom. The molecular formula is C20H27ClO2. The van der Waals surface area contributed by atoms with E-state index in [1.165, 1.54) is 0 Å². The summed E-state index contributed by atoms with van der Waals surface area (Å²) >= 11 is 6.95. The lowest BCUT2D eigenvalue weighted by atomic mass is 9.49. The van der Waals surface area contributed by atoms with E-state index in [0.29, 0.717) is 42.3 Å². The Morgan fingerprint density at radius 1 is 1.13 bits per heavy atom. The van der Waals surface area contributed by atoms with Crippen molar-refractivity contribution in [2.75, 3.05) is 0 Å². The number of ketones is 1. The van der Waals surface area contributed by atoms with Crippen LogP contribution in [0.4, 0.5) is 0 Å². The van der Waals surface area contributed by atoms with Crippen molar-refractivity contribution < 1.29 is 9.90 Å². The Kier molecular flexibility index (Phi) is 3.47. The molecule has 0 aromatic rings. The second kappa shape index (κ2) is 4.99. The Balaban J connectivity index is 1.64. The van der Waals surface area contributed by atoms with E-state index in [1.807, 2.05) is 0 Å². The van der Waals surface area contributed by atoms with E-state index in [4.69, 9.17) is 18.0 Å². The molecule has 0 aromatic carbocycles. The van der Waals surface area contributed by atoms with Crippen LogP contribution in [0.5, 0.6) is 0 Å². The molecule has 23 heavy (non-hydrogen) atoms. The summed E-state index contributed by atoms with van der Waals surface area (Å²) in [4.78, 5) is 11.6. The summed E-state index contributed by atoms with van der Waals surface area (Å²) in [6.45, 7) is 2.22. The van der Waals surface area contributed by atoms with Gasteiger partial charge in [-0.05, 0) is 68.6 Å². The summed E-state index contributed by atoms with van der Waals surface area (Å²) in [7, 11) is 0. The zero-order valence-corrected chi connectivity index (χ0v) is 14.7. The van der Waals surface area contributed by atoms with Gasteiger partial charge in [0.15, 0.2) is 0 Å². The number of hydrogen-bond donors (Lipinski definition) is 1. The summed E-state index contributed by atoms with van der Waals surface area (Å²) in [6.07, 6.45) is 13.9. The van der Waals surface area contributed by atoms with Crippen molar-refractivity contribution in [3.63, 3.8) is 0 Å². The zero-order valence-electron chi connectivity index (χ0n) is 14.0. The van der Waals surface area contributed by atoms with Gasteiger partial charge >= 0.3 is 0 Å². The van der Waals surface area contributed by atoms with Gasteiger partial charge in [0.2, 0.25) is 0 Å². The monoisotopic (exact) mass is 334 g/mol. The Bertz CT molecular complexity index is 581. The predicted octanol–water partition coefficient (Wildman–Crippen LogP) is 3.93. The molecule has 4 aliphatic carbocycles. The highest BCUT2D eigenvalue weighted by Gasteiger charge is 2.64. The fraction of sp³-hybridized carbons (Fsp3) is 0.850. The van der Waals surface area contributed by atoms with E-state index in [0.717, 1.165) is 44.9 Å². The summed E-state index contributed by atoms with van der Waals surface area (Å²) < 4.78 is 0. The molecule has 4 fully saturated rings. The number of terminal acetylenes is 1. The molecule has 4 aliphatic rings. The van der Waals surface area contributed by atoms with Gasteiger partial charge in [0, 0.05) is 18.3 Å². The number of fused-ring (bicyclic) bond motifs is 5. The minimum absolute atomic E-state index is 0.139. The van der Waals surface area contributed by atoms with E-state index in [1.54, 1.807) is 0 Å². The van der Waals surface area contributed by atoms with Crippen LogP contribution in [-0.2, 0) is 4.79 Å². The molecule has 2 nitrogen and oxygen atoms in total. The summed E-state index contributed by atoms with van der Waals surface area (Å²) in [6, 6.07) is 0. The second-order valence-corrected chi connectivity index (χ2v) is 9.62. The van der Waals surface area contributed by atoms with E-state index in [2.05, 4.69) is 12.8 Å². The molecule has 1 N–H and O–H groups in total. The van der Waals surface area contributed by atoms with E-state index in [-0.39, 0.29) is 10.3 Å². The maximum absolute atomic E-state index is 11.9. The van der Waals surface area contributed by atoms with Crippen molar-refractivity contribution >= 4 is 17.4 Å². The lowest BCUT2D eigenvalue weighted by molar-refractivity contribution is -0.128. The number of hydrogen-bond acceptors (Lipinski definition) is 2. The number of aliphatic hydroxyl groups is 1. The molecule has 0 unspecified atom stereocenters. The summed E-state index contributed by atoms with van der Waals surface area (Å²) in [5, 5.41) is 11.0. The molecule has 0 radical (unpaired) electrons. The fourth-order valence-electron chi connectivity index (χ4n) is 6.89. The van der Waals surface area contributed by atoms with Gasteiger partial charge in [-0.25, -0.2) is 0 Å². The summed E-state index contributed by atoms with van der Waals surface area (Å²) in [5.41, 5.74) is -1.07. The minimum atomic E-state index is -0.930. The number of Topliss-reactive ketones (excluding diaryl/α,β-unsaturated/α-hetero) is 1. The largest absolute Gasteiger partial charge is 0.377 e. The fourth-order valence-corrected chi connectivity index (χ4v) is 7.41. The van der Waals surface area contributed by atoms with Crippen LogP contribution < -0.4 is 0 Å². The third kappa shape index (κ3) is 2.02. The van der Waals surface area contributed by atoms with Gasteiger partial charge in [-0.2, -0.15) is 0 Å². The Labute approximate surface area is 144 Å². The third-order valence-electron chi connectivity index (χ3n) is 8.18. The Morgan fingerprint density at radius 2 is 1.83 bits per heavy atom. The van der Waals surface area contributed by atoms with Crippen LogP contribution in [0.2, 0.25) is 0 Å². The average molecular weight is 335 g/mol. The van der Waals surface area contributed by atoms with E-state index < -0.39 is 5.60 Å². The van der Waals surface area contributed by atoms with Crippen molar-refractivity contribution in [2.45, 2.75) is 75.2 Å². The maximum atomic E-state index is 11.9. The molecule has 0 heterocycles. The topological polar surface area (TPSA) is 37.3 Å². The van der Waals surface area contributed by atoms with Gasteiger partial charge < -0.3 is 5.11 Å². The van der Waals surface area contributed by atoms with Crippen LogP contribution >= 0.6 is 11.6 Å². The van der Waals surface area contributed by atoms with Crippen LogP contribution in [-0.4, -0.2) is 21.4 Å². The van der Waals surface area contributed by atoms with E-state index in [9.17, 15) is 9.90 Å². The lowest BCUT2D eigenvalue weighted by Crippen LogP contribution is -2.56. The molecule has 7 atom stereocenters. The smallest absolute Gasteiger partial charge is 0.134 e. The first-order chi connectivity index (χ1) is 10.8. The van der Waals surface area contributed by atoms with Crippen molar-refractivity contribution in [3.05, 3.63) is 0 Å². The Hall–Kier alpha value is -0.520. The van der Waals surface area contributed by atoms with Gasteiger partial charge in [0.05, 0.1) is 4.87 Å². The minimum Gasteiger partial charge on any atom is -0.377 e. The highest BCUT2D eigenvalue weighted by molar-refractivity contribution is 6.25. The number of carbonyl (C=O) groups is 1. The predicted molar refractivity (Wildman–Crippen MR) is 91.0 cm³/mol. The number of rotatable bonds is 0. The van der Waals surface area contributed by atoms with Gasteiger partial charge in [-0.15, -0.1) is 18.0 Å². The molecule has 126 valence electrons. The van der Waals surface area contributed by atoms with Gasteiger partial charge in [0.25, 0.3) is 0 Å². The molecule has 0 bridgehead atoms. The zero-order chi connectivity index (χ0) is 16.5. The van der Waals surface area contributed by atoms with Crippen molar-refractivity contribution in [1.82, 2.24) is 0 Å². The van der Waals surface area contributed by atoms with Crippen LogP contribution in [0, 0.1) is 41.4 Å². The number of alkyl halides is 1. The highest BCUT2D eigenvalue weighted by Crippen LogP contribution is 2.66. The molecule has 0 aromatic heterocycles. The average Bonchev–Trinajstić information content (AvgIpc) is 2.78. The van der Waals surface area contributed by atoms with E-state index >= 15 is 0 Å². The molecule has 3 heteroatoms. The molecular weight excluding hydrogens is 308 g/mol. The molecule has 0 spiro atoms. The van der Waals surface area contributed by atoms with Crippen LogP contribution in [0.15, 0.2) is 0 Å². The van der Waals surface area contributed by atoms with Gasteiger partial charge in [-0.1, -0.05) is 12.8 Å². The second-order valence-electron chi connectivity index (χ2n) is 8.87. The number of carbonyl (C=O) groups excluding carboxylic acids is 1. The van der Waals surface area contributed by atoms with Crippen molar-refractivity contribution in [2.24, 2.45) is 29.1 Å². The highest BCUT2D eigenvalue weighted by atomic mass is 35.5. The van der Waals surface area contributed by atoms with Crippen molar-refractivity contribution in [3.8, 4) is 12.3 Å². The maximum Gasteiger partial charge on any atom is 0.134 e. The molecule has 0 aliphatic heterocycles. The van der Waals surface area contributed by atoms with Gasteiger partial charge in [0.1, 0.15) is 11.4 Å². The van der Waals surface area contributed by atoms with Crippen LogP contribution in [0.3, 0.4) is 0 Å². The first-order valence-electron chi connectivity index (χ1n) is 9.24. The third-order valence-corrected chi connectivity index (χ3v) is 8.79. The van der Waals surface area contributed by atoms with Crippen LogP contribution in [0.1, 0.15) is 64.7 Å². The van der Waals surface area contributed by atoms with Gasteiger partial charge in [-0.3, -0.25) is 4.79 Å². The standard InChI is InChI=1S/C20H27ClO2/c1-3-20(23)11-8-16-14-7-10-19(21)12-13(22)4-5-17(19)15(14)6-9-18(16,20)2/h1,14-17,23H,4-12H2,2H3/t14-,15+,16-,17-,18-,19+,20+/m1/s1.